The van der Waals surface area contributed by atoms with Crippen molar-refractivity contribution in [2.75, 3.05) is 69.2 Å². The Bertz CT molecular complexity index is 847. The average molecular weight is 443 g/mol. The summed E-state index contributed by atoms with van der Waals surface area (Å²) in [7, 11) is 0. The second kappa shape index (κ2) is 11.0. The lowest BCUT2D eigenvalue weighted by atomic mass is 10.2. The van der Waals surface area contributed by atoms with Gasteiger partial charge < -0.3 is 19.9 Å². The van der Waals surface area contributed by atoms with E-state index in [2.05, 4.69) is 38.2 Å². The van der Waals surface area contributed by atoms with Crippen molar-refractivity contribution in [3.8, 4) is 0 Å². The van der Waals surface area contributed by atoms with Crippen LogP contribution in [0.4, 0.5) is 11.4 Å². The molecule has 166 valence electrons. The summed E-state index contributed by atoms with van der Waals surface area (Å²) in [5.41, 5.74) is 3.28. The Labute approximate surface area is 189 Å². The highest BCUT2D eigenvalue weighted by molar-refractivity contribution is 6.30. The number of carbonyl (C=O) groups excluding carboxylic acids is 1. The van der Waals surface area contributed by atoms with Crippen molar-refractivity contribution in [1.82, 2.24) is 9.80 Å². The van der Waals surface area contributed by atoms with Gasteiger partial charge in [-0.2, -0.15) is 0 Å². The summed E-state index contributed by atoms with van der Waals surface area (Å²) in [5.74, 6) is 0.0699. The number of nitrogens with one attached hydrogen (secondary N) is 1. The molecule has 1 amide bonds. The van der Waals surface area contributed by atoms with Gasteiger partial charge in [0.2, 0.25) is 5.91 Å². The van der Waals surface area contributed by atoms with Crippen molar-refractivity contribution in [3.63, 3.8) is 0 Å². The molecular weight excluding hydrogens is 412 g/mol. The van der Waals surface area contributed by atoms with E-state index in [1.165, 1.54) is 11.3 Å². The molecule has 6 nitrogen and oxygen atoms in total. The number of ether oxygens (including phenoxy) is 1. The van der Waals surface area contributed by atoms with E-state index in [0.29, 0.717) is 6.42 Å². The third kappa shape index (κ3) is 6.68. The molecule has 0 atom stereocenters. The first-order chi connectivity index (χ1) is 15.2. The van der Waals surface area contributed by atoms with Gasteiger partial charge in [-0.05, 0) is 42.0 Å². The predicted octanol–water partition coefficient (Wildman–Crippen LogP) is 3.32. The molecule has 2 aliphatic rings. The van der Waals surface area contributed by atoms with Crippen LogP contribution in [0.3, 0.4) is 0 Å². The summed E-state index contributed by atoms with van der Waals surface area (Å²) in [4.78, 5) is 19.5. The number of amides is 1. The monoisotopic (exact) mass is 442 g/mol. The highest BCUT2D eigenvalue weighted by Gasteiger charge is 2.18. The average Bonchev–Trinajstić information content (AvgIpc) is 2.80. The fourth-order valence-electron chi connectivity index (χ4n) is 4.12. The van der Waals surface area contributed by atoms with Crippen molar-refractivity contribution < 1.29 is 9.53 Å². The zero-order chi connectivity index (χ0) is 21.5. The number of hydrogen-bond acceptors (Lipinski definition) is 5. The Morgan fingerprint density at radius 3 is 2.35 bits per heavy atom. The molecule has 0 spiro atoms. The number of hydrogen-bond donors (Lipinski definition) is 1. The first-order valence-electron chi connectivity index (χ1n) is 11.1. The number of halogens is 1. The van der Waals surface area contributed by atoms with Crippen LogP contribution in [-0.4, -0.2) is 74.7 Å². The molecule has 2 aromatic rings. The Kier molecular flexibility index (Phi) is 7.81. The van der Waals surface area contributed by atoms with E-state index in [1.54, 1.807) is 0 Å². The van der Waals surface area contributed by atoms with Crippen LogP contribution in [0.25, 0.3) is 0 Å². The molecule has 2 heterocycles. The Morgan fingerprint density at radius 2 is 1.65 bits per heavy atom. The van der Waals surface area contributed by atoms with E-state index in [1.807, 2.05) is 30.3 Å². The first kappa shape index (κ1) is 22.1. The number of nitrogens with zero attached hydrogens (tertiary/aromatic N) is 3. The highest BCUT2D eigenvalue weighted by atomic mass is 35.5. The minimum absolute atomic E-state index is 0.0699. The third-order valence-electron chi connectivity index (χ3n) is 5.94. The summed E-state index contributed by atoms with van der Waals surface area (Å²) < 4.78 is 5.40. The standard InChI is InChI=1S/C24H31ClN4O2/c25-21-3-1-2-20(18-21)19-28-12-10-27(11-13-28)9-8-24(30)26-22-4-6-23(7-5-22)29-14-16-31-17-15-29/h1-7,18H,8-17,19H2,(H,26,30). The fraction of sp³-hybridized carbons (Fsp3) is 0.458. The van der Waals surface area contributed by atoms with Gasteiger partial charge in [-0.15, -0.1) is 0 Å². The molecule has 0 radical (unpaired) electrons. The summed E-state index contributed by atoms with van der Waals surface area (Å²) in [6.45, 7) is 9.09. The highest BCUT2D eigenvalue weighted by Crippen LogP contribution is 2.19. The molecule has 0 saturated carbocycles. The second-order valence-electron chi connectivity index (χ2n) is 8.19. The van der Waals surface area contributed by atoms with Gasteiger partial charge in [-0.3, -0.25) is 9.69 Å². The van der Waals surface area contributed by atoms with Crippen LogP contribution in [0.15, 0.2) is 48.5 Å². The van der Waals surface area contributed by atoms with E-state index >= 15 is 0 Å². The van der Waals surface area contributed by atoms with E-state index < -0.39 is 0 Å². The molecule has 2 aromatic carbocycles. The van der Waals surface area contributed by atoms with Gasteiger partial charge in [-0.1, -0.05) is 23.7 Å². The molecule has 4 rings (SSSR count). The smallest absolute Gasteiger partial charge is 0.225 e. The maximum Gasteiger partial charge on any atom is 0.225 e. The van der Waals surface area contributed by atoms with E-state index in [-0.39, 0.29) is 5.91 Å². The molecule has 0 aromatic heterocycles. The summed E-state index contributed by atoms with van der Waals surface area (Å²) >= 11 is 6.09. The van der Waals surface area contributed by atoms with Crippen LogP contribution < -0.4 is 10.2 Å². The van der Waals surface area contributed by atoms with Crippen LogP contribution >= 0.6 is 11.6 Å². The molecule has 2 saturated heterocycles. The lowest BCUT2D eigenvalue weighted by Gasteiger charge is -2.34. The van der Waals surface area contributed by atoms with Crippen molar-refractivity contribution in [2.45, 2.75) is 13.0 Å². The zero-order valence-corrected chi connectivity index (χ0v) is 18.7. The number of piperazine rings is 1. The lowest BCUT2D eigenvalue weighted by molar-refractivity contribution is -0.116. The molecular formula is C24H31ClN4O2. The van der Waals surface area contributed by atoms with Gasteiger partial charge in [-0.25, -0.2) is 0 Å². The fourth-order valence-corrected chi connectivity index (χ4v) is 4.34. The Hall–Kier alpha value is -2.12. The number of anilines is 2. The normalized spacial score (nSPS) is 18.2. The van der Waals surface area contributed by atoms with Gasteiger partial charge >= 0.3 is 0 Å². The van der Waals surface area contributed by atoms with Crippen LogP contribution in [-0.2, 0) is 16.1 Å². The second-order valence-corrected chi connectivity index (χ2v) is 8.63. The number of benzene rings is 2. The summed E-state index contributed by atoms with van der Waals surface area (Å²) in [6.07, 6.45) is 0.513. The van der Waals surface area contributed by atoms with Crippen molar-refractivity contribution >= 4 is 28.9 Å². The van der Waals surface area contributed by atoms with Gasteiger partial charge in [0.25, 0.3) is 0 Å². The summed E-state index contributed by atoms with van der Waals surface area (Å²) in [5, 5.41) is 3.82. The van der Waals surface area contributed by atoms with Crippen LogP contribution in [0.1, 0.15) is 12.0 Å². The molecule has 2 fully saturated rings. The predicted molar refractivity (Wildman–Crippen MR) is 126 cm³/mol. The SMILES string of the molecule is O=C(CCN1CCN(Cc2cccc(Cl)c2)CC1)Nc1ccc(N2CCOCC2)cc1. The number of carbonyl (C=O) groups is 1. The number of morpholine rings is 1. The molecule has 1 N–H and O–H groups in total. The molecule has 31 heavy (non-hydrogen) atoms. The van der Waals surface area contributed by atoms with Gasteiger partial charge in [0.05, 0.1) is 13.2 Å². The first-order valence-corrected chi connectivity index (χ1v) is 11.5. The van der Waals surface area contributed by atoms with Crippen LogP contribution in [0, 0.1) is 0 Å². The van der Waals surface area contributed by atoms with E-state index in [0.717, 1.165) is 76.3 Å². The molecule has 7 heteroatoms. The topological polar surface area (TPSA) is 48.1 Å². The molecule has 0 unspecified atom stereocenters. The molecule has 0 aliphatic carbocycles. The quantitative estimate of drug-likeness (QED) is 0.712. The van der Waals surface area contributed by atoms with Gasteiger partial charge in [0.15, 0.2) is 0 Å². The summed E-state index contributed by atoms with van der Waals surface area (Å²) in [6, 6.07) is 16.2. The number of rotatable bonds is 7. The minimum atomic E-state index is 0.0699. The Balaban J connectivity index is 1.16. The van der Waals surface area contributed by atoms with Crippen molar-refractivity contribution in [1.29, 1.82) is 0 Å². The van der Waals surface area contributed by atoms with E-state index in [9.17, 15) is 4.79 Å². The van der Waals surface area contributed by atoms with Crippen LogP contribution in [0.2, 0.25) is 5.02 Å². The van der Waals surface area contributed by atoms with Crippen molar-refractivity contribution in [2.24, 2.45) is 0 Å². The third-order valence-corrected chi connectivity index (χ3v) is 6.18. The molecule has 0 bridgehead atoms. The lowest BCUT2D eigenvalue weighted by Crippen LogP contribution is -2.46. The van der Waals surface area contributed by atoms with Gasteiger partial charge in [0, 0.05) is 75.2 Å². The largest absolute Gasteiger partial charge is 0.378 e. The van der Waals surface area contributed by atoms with Crippen molar-refractivity contribution in [3.05, 3.63) is 59.1 Å². The maximum absolute atomic E-state index is 12.4. The van der Waals surface area contributed by atoms with Gasteiger partial charge in [0.1, 0.15) is 0 Å². The Morgan fingerprint density at radius 1 is 0.935 bits per heavy atom. The maximum atomic E-state index is 12.4. The zero-order valence-electron chi connectivity index (χ0n) is 17.9. The van der Waals surface area contributed by atoms with E-state index in [4.69, 9.17) is 16.3 Å². The van der Waals surface area contributed by atoms with Crippen LogP contribution in [0.5, 0.6) is 0 Å². The molecule has 2 aliphatic heterocycles. The minimum Gasteiger partial charge on any atom is -0.378 e.